The number of aryl methyl sites for hydroxylation is 1. The summed E-state index contributed by atoms with van der Waals surface area (Å²) in [6.07, 6.45) is 2.31. The van der Waals surface area contributed by atoms with E-state index in [4.69, 9.17) is 0 Å². The highest BCUT2D eigenvalue weighted by Crippen LogP contribution is 2.22. The lowest BCUT2D eigenvalue weighted by Crippen LogP contribution is -2.40. The van der Waals surface area contributed by atoms with Gasteiger partial charge in [0.25, 0.3) is 0 Å². The lowest BCUT2D eigenvalue weighted by molar-refractivity contribution is -0.135. The second-order valence-corrected chi connectivity index (χ2v) is 6.58. The molecule has 0 fully saturated rings. The van der Waals surface area contributed by atoms with E-state index >= 15 is 0 Å². The molecule has 0 aliphatic carbocycles. The third kappa shape index (κ3) is 5.26. The number of thiazole rings is 1. The van der Waals surface area contributed by atoms with E-state index in [0.29, 0.717) is 18.1 Å². The summed E-state index contributed by atoms with van der Waals surface area (Å²) in [7, 11) is 0. The minimum absolute atomic E-state index is 0.0210. The maximum atomic E-state index is 12.9. The minimum Gasteiger partial charge on any atom is -0.329 e. The van der Waals surface area contributed by atoms with Crippen molar-refractivity contribution in [3.63, 3.8) is 0 Å². The number of aromatic nitrogens is 1. The summed E-state index contributed by atoms with van der Waals surface area (Å²) in [5, 5.41) is 5.15. The summed E-state index contributed by atoms with van der Waals surface area (Å²) < 4.78 is 0. The second kappa shape index (κ2) is 9.13. The van der Waals surface area contributed by atoms with Crippen molar-refractivity contribution in [1.82, 2.24) is 9.88 Å². The normalized spacial score (nSPS) is 11.6. The summed E-state index contributed by atoms with van der Waals surface area (Å²) in [6, 6.07) is 9.64. The maximum absolute atomic E-state index is 12.9. The number of nitrogens with zero attached hydrogens (tertiary/aromatic N) is 2. The standard InChI is InChI=1S/C19H23N3O2S/c1-4-11-22(12-17(23)21-19-20-14(3)13-25-19)18(24)16(5-2)15-9-7-6-8-10-15/h4,6-10,13,16H,1,5,11-12H2,2-3H3,(H,20,21,23)/t16-/m1/s1. The Bertz CT molecular complexity index is 727. The van der Waals surface area contributed by atoms with Crippen molar-refractivity contribution in [2.75, 3.05) is 18.4 Å². The molecule has 2 amide bonds. The fraction of sp³-hybridized carbons (Fsp3) is 0.316. The molecule has 5 nitrogen and oxygen atoms in total. The SMILES string of the molecule is C=CCN(CC(=O)Nc1nc(C)cs1)C(=O)[C@H](CC)c1ccccc1. The molecule has 0 saturated heterocycles. The van der Waals surface area contributed by atoms with Gasteiger partial charge in [0.1, 0.15) is 6.54 Å². The maximum Gasteiger partial charge on any atom is 0.245 e. The van der Waals surface area contributed by atoms with Gasteiger partial charge in [0.2, 0.25) is 11.8 Å². The molecule has 1 atom stereocenters. The monoisotopic (exact) mass is 357 g/mol. The van der Waals surface area contributed by atoms with Crippen LogP contribution in [0.4, 0.5) is 5.13 Å². The van der Waals surface area contributed by atoms with Crippen molar-refractivity contribution in [2.24, 2.45) is 0 Å². The van der Waals surface area contributed by atoms with Gasteiger partial charge in [0.15, 0.2) is 5.13 Å². The van der Waals surface area contributed by atoms with Gasteiger partial charge in [-0.05, 0) is 18.9 Å². The van der Waals surface area contributed by atoms with Gasteiger partial charge in [-0.15, -0.1) is 17.9 Å². The third-order valence-electron chi connectivity index (χ3n) is 3.77. The van der Waals surface area contributed by atoms with Gasteiger partial charge in [0.05, 0.1) is 11.6 Å². The van der Waals surface area contributed by atoms with E-state index in [1.807, 2.05) is 49.6 Å². The van der Waals surface area contributed by atoms with Gasteiger partial charge in [0, 0.05) is 11.9 Å². The first-order valence-electron chi connectivity index (χ1n) is 8.21. The van der Waals surface area contributed by atoms with E-state index in [0.717, 1.165) is 11.3 Å². The summed E-state index contributed by atoms with van der Waals surface area (Å²) >= 11 is 1.37. The number of hydrogen-bond acceptors (Lipinski definition) is 4. The molecule has 1 aromatic heterocycles. The van der Waals surface area contributed by atoms with Crippen LogP contribution < -0.4 is 5.32 Å². The fourth-order valence-electron chi connectivity index (χ4n) is 2.59. The quantitative estimate of drug-likeness (QED) is 0.734. The van der Waals surface area contributed by atoms with Gasteiger partial charge >= 0.3 is 0 Å². The van der Waals surface area contributed by atoms with Crippen LogP contribution in [-0.4, -0.2) is 34.8 Å². The summed E-state index contributed by atoms with van der Waals surface area (Å²) in [5.74, 6) is -0.595. The van der Waals surface area contributed by atoms with E-state index in [2.05, 4.69) is 16.9 Å². The Morgan fingerprint density at radius 1 is 1.36 bits per heavy atom. The Morgan fingerprint density at radius 2 is 2.08 bits per heavy atom. The lowest BCUT2D eigenvalue weighted by atomic mass is 9.95. The number of carbonyl (C=O) groups is 2. The number of anilines is 1. The highest BCUT2D eigenvalue weighted by molar-refractivity contribution is 7.13. The largest absolute Gasteiger partial charge is 0.329 e. The van der Waals surface area contributed by atoms with Crippen LogP contribution in [0.15, 0.2) is 48.4 Å². The Balaban J connectivity index is 2.08. The predicted octanol–water partition coefficient (Wildman–Crippen LogP) is 3.60. The number of hydrogen-bond donors (Lipinski definition) is 1. The zero-order chi connectivity index (χ0) is 18.2. The fourth-order valence-corrected chi connectivity index (χ4v) is 3.29. The van der Waals surface area contributed by atoms with E-state index < -0.39 is 0 Å². The van der Waals surface area contributed by atoms with Crippen LogP contribution in [0.5, 0.6) is 0 Å². The summed E-state index contributed by atoms with van der Waals surface area (Å²) in [4.78, 5) is 31.0. The van der Waals surface area contributed by atoms with Gasteiger partial charge in [-0.25, -0.2) is 4.98 Å². The van der Waals surface area contributed by atoms with E-state index in [1.165, 1.54) is 16.2 Å². The molecule has 132 valence electrons. The van der Waals surface area contributed by atoms with E-state index in [9.17, 15) is 9.59 Å². The molecule has 25 heavy (non-hydrogen) atoms. The molecular formula is C19H23N3O2S. The molecule has 0 radical (unpaired) electrons. The van der Waals surface area contributed by atoms with Crippen LogP contribution in [0.25, 0.3) is 0 Å². The molecule has 1 N–H and O–H groups in total. The number of rotatable bonds is 8. The number of nitrogens with one attached hydrogen (secondary N) is 1. The van der Waals surface area contributed by atoms with E-state index in [1.54, 1.807) is 6.08 Å². The Morgan fingerprint density at radius 3 is 2.64 bits per heavy atom. The van der Waals surface area contributed by atoms with E-state index in [-0.39, 0.29) is 24.3 Å². The van der Waals surface area contributed by atoms with Crippen molar-refractivity contribution in [3.8, 4) is 0 Å². The third-order valence-corrected chi connectivity index (χ3v) is 4.64. The molecule has 0 aliphatic heterocycles. The van der Waals surface area contributed by atoms with Crippen molar-refractivity contribution in [2.45, 2.75) is 26.2 Å². The molecule has 0 unspecified atom stereocenters. The van der Waals surface area contributed by atoms with Crippen LogP contribution in [0.2, 0.25) is 0 Å². The van der Waals surface area contributed by atoms with Gasteiger partial charge in [-0.1, -0.05) is 43.3 Å². The van der Waals surface area contributed by atoms with Crippen LogP contribution >= 0.6 is 11.3 Å². The molecule has 2 rings (SSSR count). The minimum atomic E-state index is -0.268. The van der Waals surface area contributed by atoms with Crippen LogP contribution in [0, 0.1) is 6.92 Å². The summed E-state index contributed by atoms with van der Waals surface area (Å²) in [6.45, 7) is 7.84. The molecule has 2 aromatic rings. The topological polar surface area (TPSA) is 62.3 Å². The number of benzene rings is 1. The smallest absolute Gasteiger partial charge is 0.245 e. The first kappa shape index (κ1) is 18.9. The highest BCUT2D eigenvalue weighted by Gasteiger charge is 2.25. The van der Waals surface area contributed by atoms with Crippen molar-refractivity contribution >= 4 is 28.3 Å². The van der Waals surface area contributed by atoms with Gasteiger partial charge in [-0.3, -0.25) is 9.59 Å². The van der Waals surface area contributed by atoms with Crippen LogP contribution in [-0.2, 0) is 9.59 Å². The Kier molecular flexibility index (Phi) is 6.89. The van der Waals surface area contributed by atoms with Crippen LogP contribution in [0.1, 0.15) is 30.5 Å². The van der Waals surface area contributed by atoms with Crippen molar-refractivity contribution in [3.05, 3.63) is 59.6 Å². The van der Waals surface area contributed by atoms with Gasteiger partial charge in [-0.2, -0.15) is 0 Å². The zero-order valence-electron chi connectivity index (χ0n) is 14.6. The molecule has 0 aliphatic rings. The molecular weight excluding hydrogens is 334 g/mol. The highest BCUT2D eigenvalue weighted by atomic mass is 32.1. The number of amides is 2. The molecule has 1 heterocycles. The average molecular weight is 357 g/mol. The Hall–Kier alpha value is -2.47. The molecule has 0 spiro atoms. The molecule has 6 heteroatoms. The first-order valence-corrected chi connectivity index (χ1v) is 9.09. The predicted molar refractivity (Wildman–Crippen MR) is 102 cm³/mol. The first-order chi connectivity index (χ1) is 12.0. The van der Waals surface area contributed by atoms with Gasteiger partial charge < -0.3 is 10.2 Å². The zero-order valence-corrected chi connectivity index (χ0v) is 15.4. The molecule has 1 aromatic carbocycles. The lowest BCUT2D eigenvalue weighted by Gasteiger charge is -2.25. The second-order valence-electron chi connectivity index (χ2n) is 5.72. The average Bonchev–Trinajstić information content (AvgIpc) is 3.00. The summed E-state index contributed by atoms with van der Waals surface area (Å²) in [5.41, 5.74) is 1.81. The van der Waals surface area contributed by atoms with Crippen LogP contribution in [0.3, 0.4) is 0 Å². The van der Waals surface area contributed by atoms with Crippen molar-refractivity contribution in [1.29, 1.82) is 0 Å². The number of carbonyl (C=O) groups excluding carboxylic acids is 2. The molecule has 0 saturated carbocycles. The van der Waals surface area contributed by atoms with Crippen molar-refractivity contribution < 1.29 is 9.59 Å². The Labute approximate surface area is 152 Å². The molecule has 0 bridgehead atoms.